The Balaban J connectivity index is 0.00000243. The number of benzene rings is 1. The molecule has 2 aromatic rings. The molecule has 0 aliphatic carbocycles. The standard InChI is InChI=1S/C17H19F2N3O2S.ClH/c18-12-2-1-11(14(19)8-12)7-13-9-21-16(25-13)22-15(23)17(10-20)3-5-24-6-4-17;/h1-2,8-9H,3-7,10,20H2,(H,21,22,23);1H. The van der Waals surface area contributed by atoms with Gasteiger partial charge in [0.1, 0.15) is 11.6 Å². The number of hydrogen-bond donors (Lipinski definition) is 2. The highest BCUT2D eigenvalue weighted by Crippen LogP contribution is 2.32. The van der Waals surface area contributed by atoms with Crippen LogP contribution in [0.25, 0.3) is 0 Å². The van der Waals surface area contributed by atoms with Crippen molar-refractivity contribution in [3.63, 3.8) is 0 Å². The number of aromatic nitrogens is 1. The Kier molecular flexibility index (Phi) is 7.05. The highest BCUT2D eigenvalue weighted by molar-refractivity contribution is 7.15. The molecule has 3 rings (SSSR count). The maximum atomic E-state index is 13.7. The van der Waals surface area contributed by atoms with Crippen LogP contribution < -0.4 is 11.1 Å². The molecule has 9 heteroatoms. The van der Waals surface area contributed by atoms with Gasteiger partial charge in [-0.15, -0.1) is 23.7 Å². The fraction of sp³-hybridized carbons (Fsp3) is 0.412. The molecule has 0 bridgehead atoms. The number of amides is 1. The molecule has 26 heavy (non-hydrogen) atoms. The number of hydrogen-bond acceptors (Lipinski definition) is 5. The number of anilines is 1. The first-order valence-corrected chi connectivity index (χ1v) is 8.82. The highest BCUT2D eigenvalue weighted by Gasteiger charge is 2.39. The molecule has 1 saturated heterocycles. The quantitative estimate of drug-likeness (QED) is 0.804. The van der Waals surface area contributed by atoms with Gasteiger partial charge in [0.05, 0.1) is 5.41 Å². The molecule has 1 fully saturated rings. The zero-order valence-electron chi connectivity index (χ0n) is 14.0. The molecule has 0 atom stereocenters. The Bertz CT molecular complexity index is 766. The second-order valence-electron chi connectivity index (χ2n) is 6.10. The Labute approximate surface area is 160 Å². The van der Waals surface area contributed by atoms with Crippen LogP contribution in [0.2, 0.25) is 0 Å². The normalized spacial score (nSPS) is 16.0. The molecule has 3 N–H and O–H groups in total. The van der Waals surface area contributed by atoms with Gasteiger partial charge in [-0.2, -0.15) is 0 Å². The smallest absolute Gasteiger partial charge is 0.233 e. The summed E-state index contributed by atoms with van der Waals surface area (Å²) in [4.78, 5) is 17.5. The molecule has 1 aliphatic rings. The molecule has 0 unspecified atom stereocenters. The van der Waals surface area contributed by atoms with Crippen molar-refractivity contribution in [2.75, 3.05) is 25.1 Å². The fourth-order valence-corrected chi connectivity index (χ4v) is 3.65. The van der Waals surface area contributed by atoms with E-state index in [-0.39, 0.29) is 31.3 Å². The Morgan fingerprint density at radius 2 is 2.08 bits per heavy atom. The van der Waals surface area contributed by atoms with Gasteiger partial charge in [-0.3, -0.25) is 4.79 Å². The van der Waals surface area contributed by atoms with E-state index in [2.05, 4.69) is 10.3 Å². The summed E-state index contributed by atoms with van der Waals surface area (Å²) in [7, 11) is 0. The van der Waals surface area contributed by atoms with Crippen LogP contribution >= 0.6 is 23.7 Å². The predicted octanol–water partition coefficient (Wildman–Crippen LogP) is 3.13. The third-order valence-electron chi connectivity index (χ3n) is 4.48. The number of ether oxygens (including phenoxy) is 1. The molecule has 1 aromatic carbocycles. The molecule has 1 aromatic heterocycles. The SMILES string of the molecule is Cl.NCC1(C(=O)Nc2ncc(Cc3ccc(F)cc3F)s2)CCOCC1. The van der Waals surface area contributed by atoms with Crippen molar-refractivity contribution in [1.82, 2.24) is 4.98 Å². The maximum absolute atomic E-state index is 13.7. The van der Waals surface area contributed by atoms with Crippen LogP contribution in [0.1, 0.15) is 23.3 Å². The molecular weight excluding hydrogens is 384 g/mol. The van der Waals surface area contributed by atoms with E-state index < -0.39 is 17.0 Å². The number of nitrogens with two attached hydrogens (primary N) is 1. The summed E-state index contributed by atoms with van der Waals surface area (Å²) in [6.45, 7) is 1.27. The summed E-state index contributed by atoms with van der Waals surface area (Å²) in [5.74, 6) is -1.36. The van der Waals surface area contributed by atoms with Crippen molar-refractivity contribution in [2.45, 2.75) is 19.3 Å². The van der Waals surface area contributed by atoms with Crippen LogP contribution in [0, 0.1) is 17.0 Å². The van der Waals surface area contributed by atoms with E-state index in [4.69, 9.17) is 10.5 Å². The first-order valence-electron chi connectivity index (χ1n) is 8.00. The van der Waals surface area contributed by atoms with Crippen LogP contribution in [0.4, 0.5) is 13.9 Å². The summed E-state index contributed by atoms with van der Waals surface area (Å²) < 4.78 is 32.0. The lowest BCUT2D eigenvalue weighted by Crippen LogP contribution is -2.46. The van der Waals surface area contributed by atoms with E-state index in [0.29, 0.717) is 36.8 Å². The van der Waals surface area contributed by atoms with Crippen LogP contribution in [0.5, 0.6) is 0 Å². The first kappa shape index (κ1) is 20.7. The lowest BCUT2D eigenvalue weighted by Gasteiger charge is -2.34. The van der Waals surface area contributed by atoms with Crippen molar-refractivity contribution in [3.05, 3.63) is 46.5 Å². The van der Waals surface area contributed by atoms with Crippen molar-refractivity contribution < 1.29 is 18.3 Å². The monoisotopic (exact) mass is 403 g/mol. The van der Waals surface area contributed by atoms with Gasteiger partial charge in [0.15, 0.2) is 5.13 Å². The van der Waals surface area contributed by atoms with Gasteiger partial charge in [-0.1, -0.05) is 6.07 Å². The lowest BCUT2D eigenvalue weighted by molar-refractivity contribution is -0.130. The minimum Gasteiger partial charge on any atom is -0.381 e. The zero-order chi connectivity index (χ0) is 17.9. The number of carbonyl (C=O) groups is 1. The van der Waals surface area contributed by atoms with Crippen LogP contribution in [-0.4, -0.2) is 30.6 Å². The number of nitrogens with zero attached hydrogens (tertiary/aromatic N) is 1. The molecule has 2 heterocycles. The lowest BCUT2D eigenvalue weighted by atomic mass is 9.79. The summed E-state index contributed by atoms with van der Waals surface area (Å²) in [6, 6.07) is 3.49. The number of rotatable bonds is 5. The Morgan fingerprint density at radius 1 is 1.35 bits per heavy atom. The predicted molar refractivity (Wildman–Crippen MR) is 98.7 cm³/mol. The van der Waals surface area contributed by atoms with Crippen LogP contribution in [-0.2, 0) is 16.0 Å². The van der Waals surface area contributed by atoms with E-state index in [1.54, 1.807) is 6.20 Å². The molecule has 1 aliphatic heterocycles. The minimum atomic E-state index is -0.632. The molecule has 0 spiro atoms. The molecule has 0 saturated carbocycles. The van der Waals surface area contributed by atoms with Crippen LogP contribution in [0.15, 0.2) is 24.4 Å². The van der Waals surface area contributed by atoms with Gasteiger partial charge in [0.25, 0.3) is 0 Å². The van der Waals surface area contributed by atoms with Crippen molar-refractivity contribution in [2.24, 2.45) is 11.1 Å². The van der Waals surface area contributed by atoms with Gasteiger partial charge in [-0.25, -0.2) is 13.8 Å². The van der Waals surface area contributed by atoms with Crippen LogP contribution in [0.3, 0.4) is 0 Å². The van der Waals surface area contributed by atoms with Gasteiger partial charge in [0, 0.05) is 43.3 Å². The van der Waals surface area contributed by atoms with E-state index >= 15 is 0 Å². The van der Waals surface area contributed by atoms with Gasteiger partial charge in [-0.05, 0) is 24.5 Å². The summed E-state index contributed by atoms with van der Waals surface area (Å²) >= 11 is 1.27. The zero-order valence-corrected chi connectivity index (χ0v) is 15.6. The number of halogens is 3. The number of thiazole rings is 1. The summed E-state index contributed by atoms with van der Waals surface area (Å²) in [6.07, 6.45) is 3.03. The summed E-state index contributed by atoms with van der Waals surface area (Å²) in [5, 5.41) is 3.26. The third-order valence-corrected chi connectivity index (χ3v) is 5.39. The van der Waals surface area contributed by atoms with Gasteiger partial charge in [0.2, 0.25) is 5.91 Å². The topological polar surface area (TPSA) is 77.2 Å². The second kappa shape index (κ2) is 8.85. The van der Waals surface area contributed by atoms with Gasteiger partial charge < -0.3 is 15.8 Å². The van der Waals surface area contributed by atoms with Crippen molar-refractivity contribution in [1.29, 1.82) is 0 Å². The van der Waals surface area contributed by atoms with E-state index in [0.717, 1.165) is 10.9 Å². The Morgan fingerprint density at radius 3 is 2.73 bits per heavy atom. The van der Waals surface area contributed by atoms with E-state index in [1.807, 2.05) is 0 Å². The van der Waals surface area contributed by atoms with Crippen molar-refractivity contribution in [3.8, 4) is 0 Å². The largest absolute Gasteiger partial charge is 0.381 e. The van der Waals surface area contributed by atoms with Crippen molar-refractivity contribution >= 4 is 34.8 Å². The molecule has 142 valence electrons. The molecular formula is C17H20ClF2N3O2S. The average Bonchev–Trinajstić information content (AvgIpc) is 3.05. The first-order chi connectivity index (χ1) is 12.0. The van der Waals surface area contributed by atoms with E-state index in [1.165, 1.54) is 23.5 Å². The summed E-state index contributed by atoms with van der Waals surface area (Å²) in [5.41, 5.74) is 5.57. The second-order valence-corrected chi connectivity index (χ2v) is 7.21. The van der Waals surface area contributed by atoms with Gasteiger partial charge >= 0.3 is 0 Å². The Hall–Kier alpha value is -1.61. The third kappa shape index (κ3) is 4.56. The average molecular weight is 404 g/mol. The highest BCUT2D eigenvalue weighted by atomic mass is 35.5. The minimum absolute atomic E-state index is 0. The molecule has 5 nitrogen and oxygen atoms in total. The number of carbonyl (C=O) groups excluding carboxylic acids is 1. The number of nitrogens with one attached hydrogen (secondary N) is 1. The molecule has 1 amide bonds. The molecule has 0 radical (unpaired) electrons. The maximum Gasteiger partial charge on any atom is 0.233 e. The van der Waals surface area contributed by atoms with E-state index in [9.17, 15) is 13.6 Å². The fourth-order valence-electron chi connectivity index (χ4n) is 2.82.